The van der Waals surface area contributed by atoms with E-state index in [4.69, 9.17) is 4.74 Å². The molecule has 0 fully saturated rings. The molecule has 0 aliphatic carbocycles. The van der Waals surface area contributed by atoms with Gasteiger partial charge in [-0.3, -0.25) is 5.10 Å². The van der Waals surface area contributed by atoms with Gasteiger partial charge in [0.25, 0.3) is 0 Å². The first-order valence-electron chi connectivity index (χ1n) is 14.1. The number of nitriles is 1. The summed E-state index contributed by atoms with van der Waals surface area (Å²) in [6, 6.07) is 10.9. The van der Waals surface area contributed by atoms with E-state index in [1.165, 1.54) is 27.7 Å². The van der Waals surface area contributed by atoms with Crippen molar-refractivity contribution >= 4 is 17.0 Å². The second-order valence-electron chi connectivity index (χ2n) is 12.4. The summed E-state index contributed by atoms with van der Waals surface area (Å²) in [6.45, 7) is 9.49. The Labute approximate surface area is 243 Å². The van der Waals surface area contributed by atoms with E-state index in [-0.39, 0.29) is 28.8 Å². The van der Waals surface area contributed by atoms with E-state index in [1.54, 1.807) is 32.9 Å². The van der Waals surface area contributed by atoms with Crippen LogP contribution in [0.2, 0.25) is 0 Å². The van der Waals surface area contributed by atoms with Crippen molar-refractivity contribution in [1.82, 2.24) is 20.0 Å². The Hall–Kier alpha value is -4.29. The van der Waals surface area contributed by atoms with Crippen LogP contribution in [0.5, 0.6) is 0 Å². The molecule has 0 atom stereocenters. The van der Waals surface area contributed by atoms with Gasteiger partial charge in [-0.2, -0.15) is 10.4 Å². The number of aryl methyl sites for hydroxylation is 1. The fourth-order valence-electron chi connectivity index (χ4n) is 6.14. The molecule has 0 radical (unpaired) electrons. The normalized spacial score (nSPS) is 15.3. The van der Waals surface area contributed by atoms with Crippen LogP contribution >= 0.6 is 0 Å². The van der Waals surface area contributed by atoms with Crippen LogP contribution in [0.1, 0.15) is 54.2 Å². The predicted molar refractivity (Wildman–Crippen MR) is 157 cm³/mol. The maximum absolute atomic E-state index is 16.3. The molecule has 0 bridgehead atoms. The number of aromatic nitrogens is 2. The van der Waals surface area contributed by atoms with Gasteiger partial charge in [-0.15, -0.1) is 0 Å². The molecule has 9 heteroatoms. The Morgan fingerprint density at radius 2 is 1.83 bits per heavy atom. The maximum atomic E-state index is 16.3. The standard InChI is InChI=1S/C33H33F2N5O2/c1-18-10-20(11-22-16-39(5)8-7-23(18)22)31-25-14-24(21(15-36)13-28(25)37-38-31)29-27(34)12-19-6-9-40(17-26(19)30(29)35)32(41)42-33(2,3)4/h10-14H,6-9,16-17H2,1-5H3,(H,37,38). The van der Waals surface area contributed by atoms with Gasteiger partial charge in [0.1, 0.15) is 17.2 Å². The third kappa shape index (κ3) is 4.90. The number of hydrogen-bond donors (Lipinski definition) is 1. The molecule has 4 aromatic rings. The van der Waals surface area contributed by atoms with E-state index in [1.807, 2.05) is 0 Å². The minimum atomic E-state index is -0.771. The number of aromatic amines is 1. The number of likely N-dealkylation sites (N-methyl/N-ethyl adjacent to an activating group) is 1. The summed E-state index contributed by atoms with van der Waals surface area (Å²) in [4.78, 5) is 16.4. The second kappa shape index (κ2) is 10.2. The number of halogens is 2. The molecule has 7 nitrogen and oxygen atoms in total. The predicted octanol–water partition coefficient (Wildman–Crippen LogP) is 6.64. The van der Waals surface area contributed by atoms with E-state index in [9.17, 15) is 10.1 Å². The number of nitrogens with zero attached hydrogens (tertiary/aromatic N) is 4. The Morgan fingerprint density at radius 3 is 2.57 bits per heavy atom. The highest BCUT2D eigenvalue weighted by molar-refractivity contribution is 5.97. The van der Waals surface area contributed by atoms with Gasteiger partial charge in [0, 0.05) is 41.7 Å². The van der Waals surface area contributed by atoms with Gasteiger partial charge < -0.3 is 14.5 Å². The first-order valence-corrected chi connectivity index (χ1v) is 14.1. The molecule has 0 saturated heterocycles. The molecule has 0 spiro atoms. The van der Waals surface area contributed by atoms with Crippen molar-refractivity contribution in [2.24, 2.45) is 0 Å². The van der Waals surface area contributed by atoms with Gasteiger partial charge in [-0.05, 0) is 100 Å². The van der Waals surface area contributed by atoms with Gasteiger partial charge in [-0.25, -0.2) is 13.6 Å². The minimum absolute atomic E-state index is 0.0483. The van der Waals surface area contributed by atoms with Crippen LogP contribution in [0.4, 0.5) is 13.6 Å². The number of rotatable bonds is 2. The third-order valence-corrected chi connectivity index (χ3v) is 8.18. The average molecular weight is 570 g/mol. The van der Waals surface area contributed by atoms with Crippen molar-refractivity contribution in [3.05, 3.63) is 75.3 Å². The molecule has 0 saturated carbocycles. The number of carbonyl (C=O) groups is 1. The molecule has 42 heavy (non-hydrogen) atoms. The highest BCUT2D eigenvalue weighted by atomic mass is 19.1. The monoisotopic (exact) mass is 569 g/mol. The fourth-order valence-corrected chi connectivity index (χ4v) is 6.14. The van der Waals surface area contributed by atoms with E-state index < -0.39 is 23.3 Å². The summed E-state index contributed by atoms with van der Waals surface area (Å²) in [5.74, 6) is -1.52. The van der Waals surface area contributed by atoms with Gasteiger partial charge >= 0.3 is 6.09 Å². The molecule has 2 aliphatic heterocycles. The van der Waals surface area contributed by atoms with Gasteiger partial charge in [0.15, 0.2) is 0 Å². The number of carbonyl (C=O) groups excluding carboxylic acids is 1. The average Bonchev–Trinajstić information content (AvgIpc) is 3.34. The van der Waals surface area contributed by atoms with Crippen molar-refractivity contribution in [2.75, 3.05) is 20.1 Å². The lowest BCUT2D eigenvalue weighted by Crippen LogP contribution is -2.40. The van der Waals surface area contributed by atoms with Crippen LogP contribution < -0.4 is 0 Å². The van der Waals surface area contributed by atoms with Crippen LogP contribution in [-0.4, -0.2) is 51.8 Å². The number of fused-ring (bicyclic) bond motifs is 3. The number of benzene rings is 3. The highest BCUT2D eigenvalue weighted by Crippen LogP contribution is 2.39. The molecular formula is C33H33F2N5O2. The van der Waals surface area contributed by atoms with Crippen molar-refractivity contribution < 1.29 is 18.3 Å². The van der Waals surface area contributed by atoms with E-state index in [0.717, 1.165) is 25.1 Å². The molecule has 0 unspecified atom stereocenters. The van der Waals surface area contributed by atoms with Crippen LogP contribution in [0.3, 0.4) is 0 Å². The fraction of sp³-hybridized carbons (Fsp3) is 0.364. The molecule has 3 aromatic carbocycles. The molecule has 3 heterocycles. The lowest BCUT2D eigenvalue weighted by Gasteiger charge is -2.32. The smallest absolute Gasteiger partial charge is 0.410 e. The Morgan fingerprint density at radius 1 is 1.05 bits per heavy atom. The molecular weight excluding hydrogens is 536 g/mol. The molecule has 1 amide bonds. The van der Waals surface area contributed by atoms with Gasteiger partial charge in [0.2, 0.25) is 0 Å². The zero-order valence-corrected chi connectivity index (χ0v) is 24.5. The molecule has 1 N–H and O–H groups in total. The summed E-state index contributed by atoms with van der Waals surface area (Å²) in [6.07, 6.45) is 0.732. The third-order valence-electron chi connectivity index (χ3n) is 8.18. The van der Waals surface area contributed by atoms with E-state index >= 15 is 8.78 Å². The zero-order valence-electron chi connectivity index (χ0n) is 24.5. The van der Waals surface area contributed by atoms with Gasteiger partial charge in [0.05, 0.1) is 35.0 Å². The van der Waals surface area contributed by atoms with E-state index in [2.05, 4.69) is 47.3 Å². The van der Waals surface area contributed by atoms with Crippen LogP contribution in [0.15, 0.2) is 30.3 Å². The number of amides is 1. The summed E-state index contributed by atoms with van der Waals surface area (Å²) < 4.78 is 37.4. The summed E-state index contributed by atoms with van der Waals surface area (Å²) in [7, 11) is 2.10. The molecule has 6 rings (SSSR count). The Kier molecular flexibility index (Phi) is 6.77. The van der Waals surface area contributed by atoms with Crippen molar-refractivity contribution in [3.8, 4) is 28.5 Å². The van der Waals surface area contributed by atoms with Crippen LogP contribution in [0.25, 0.3) is 33.3 Å². The first-order chi connectivity index (χ1) is 19.9. The van der Waals surface area contributed by atoms with Crippen LogP contribution in [0, 0.1) is 29.9 Å². The summed E-state index contributed by atoms with van der Waals surface area (Å²) in [5.41, 5.74) is 5.97. The van der Waals surface area contributed by atoms with Crippen molar-refractivity contribution in [2.45, 2.75) is 59.2 Å². The van der Waals surface area contributed by atoms with Gasteiger partial charge in [-0.1, -0.05) is 0 Å². The zero-order chi connectivity index (χ0) is 29.9. The number of nitrogens with one attached hydrogen (secondary N) is 1. The maximum Gasteiger partial charge on any atom is 0.410 e. The Balaban J connectivity index is 1.46. The number of hydrogen-bond acceptors (Lipinski definition) is 5. The first kappa shape index (κ1) is 27.9. The molecule has 216 valence electrons. The summed E-state index contributed by atoms with van der Waals surface area (Å²) in [5, 5.41) is 18.2. The topological polar surface area (TPSA) is 85.2 Å². The minimum Gasteiger partial charge on any atom is -0.444 e. The number of H-pyrrole nitrogens is 1. The lowest BCUT2D eigenvalue weighted by atomic mass is 9.89. The number of ether oxygens (including phenoxy) is 1. The lowest BCUT2D eigenvalue weighted by molar-refractivity contribution is 0.0221. The van der Waals surface area contributed by atoms with Crippen LogP contribution in [-0.2, 0) is 30.7 Å². The molecule has 1 aromatic heterocycles. The second-order valence-corrected chi connectivity index (χ2v) is 12.4. The summed E-state index contributed by atoms with van der Waals surface area (Å²) >= 11 is 0. The Bertz CT molecular complexity index is 1800. The largest absolute Gasteiger partial charge is 0.444 e. The van der Waals surface area contributed by atoms with E-state index in [0.29, 0.717) is 35.1 Å². The van der Waals surface area contributed by atoms with Crippen molar-refractivity contribution in [3.63, 3.8) is 0 Å². The molecule has 2 aliphatic rings. The van der Waals surface area contributed by atoms with Crippen molar-refractivity contribution in [1.29, 1.82) is 5.26 Å². The SMILES string of the molecule is Cc1cc(-c2n[nH]c3cc(C#N)c(-c4c(F)cc5c(c4F)CN(C(=O)OC(C)(C)C)CC5)cc23)cc2c1CCN(C)C2. The quantitative estimate of drug-likeness (QED) is 0.293. The highest BCUT2D eigenvalue weighted by Gasteiger charge is 2.31.